The molecule has 144 valence electrons. The Balaban J connectivity index is 1.97. The van der Waals surface area contributed by atoms with Gasteiger partial charge in [0.25, 0.3) is 0 Å². The number of hydrogen-bond acceptors (Lipinski definition) is 5. The van der Waals surface area contributed by atoms with Crippen molar-refractivity contribution in [3.63, 3.8) is 0 Å². The minimum Gasteiger partial charge on any atom is -0.503 e. The monoisotopic (exact) mass is 478 g/mol. The first-order valence-electron chi connectivity index (χ1n) is 8.31. The number of carbonyl (C=O) groups is 1. The van der Waals surface area contributed by atoms with Crippen molar-refractivity contribution in [1.29, 1.82) is 5.26 Å². The van der Waals surface area contributed by atoms with Crippen molar-refractivity contribution in [2.24, 2.45) is 0 Å². The number of nitriles is 1. The molecule has 1 aliphatic heterocycles. The Hall–Kier alpha value is -2.14. The molecule has 3 rings (SSSR count). The fraction of sp³-hybridized carbons (Fsp3) is 0.200. The van der Waals surface area contributed by atoms with E-state index in [9.17, 15) is 15.2 Å². The molecule has 2 aromatic rings. The molecule has 1 amide bonds. The third-order valence-electron chi connectivity index (χ3n) is 4.36. The fourth-order valence-corrected chi connectivity index (χ4v) is 4.76. The summed E-state index contributed by atoms with van der Waals surface area (Å²) in [4.78, 5) is 12.3. The first-order chi connectivity index (χ1) is 13.4. The lowest BCUT2D eigenvalue weighted by Crippen LogP contribution is -2.30. The van der Waals surface area contributed by atoms with Gasteiger partial charge in [-0.25, -0.2) is 0 Å². The predicted octanol–water partition coefficient (Wildman–Crippen LogP) is 5.09. The van der Waals surface area contributed by atoms with Crippen LogP contribution in [0.15, 0.2) is 51.5 Å². The van der Waals surface area contributed by atoms with Gasteiger partial charge in [0.15, 0.2) is 11.5 Å². The van der Waals surface area contributed by atoms with Crippen molar-refractivity contribution >= 4 is 45.2 Å². The molecule has 0 spiro atoms. The second-order valence-corrected chi connectivity index (χ2v) is 8.34. The molecule has 0 saturated carbocycles. The number of hydrogen-bond donors (Lipinski definition) is 2. The Morgan fingerprint density at radius 2 is 2.18 bits per heavy atom. The van der Waals surface area contributed by atoms with E-state index in [1.165, 1.54) is 18.9 Å². The van der Waals surface area contributed by atoms with Gasteiger partial charge in [0.1, 0.15) is 0 Å². The number of halogens is 2. The maximum Gasteiger partial charge on any atom is 0.225 e. The highest BCUT2D eigenvalue weighted by Crippen LogP contribution is 2.42. The van der Waals surface area contributed by atoms with Crippen LogP contribution < -0.4 is 10.1 Å². The SMILES string of the molecule is COc1cc(C2CC(=O)NC(SCc3ccccc3Cl)=C2C#N)cc(Br)c1O. The van der Waals surface area contributed by atoms with E-state index in [-0.39, 0.29) is 23.8 Å². The second kappa shape index (κ2) is 8.91. The van der Waals surface area contributed by atoms with E-state index in [2.05, 4.69) is 27.3 Å². The number of benzene rings is 2. The van der Waals surface area contributed by atoms with Gasteiger partial charge in [-0.3, -0.25) is 4.79 Å². The highest BCUT2D eigenvalue weighted by Gasteiger charge is 2.30. The lowest BCUT2D eigenvalue weighted by molar-refractivity contribution is -0.120. The third-order valence-corrected chi connectivity index (χ3v) is 6.40. The van der Waals surface area contributed by atoms with Gasteiger partial charge in [0, 0.05) is 23.1 Å². The van der Waals surface area contributed by atoms with Crippen LogP contribution in [0.2, 0.25) is 5.02 Å². The molecule has 8 heteroatoms. The Kier molecular flexibility index (Phi) is 6.55. The molecule has 2 N–H and O–H groups in total. The molecule has 0 aliphatic carbocycles. The molecule has 2 aromatic carbocycles. The number of ether oxygens (including phenoxy) is 1. The van der Waals surface area contributed by atoms with Crippen LogP contribution in [0.5, 0.6) is 11.5 Å². The zero-order valence-electron chi connectivity index (χ0n) is 14.8. The van der Waals surface area contributed by atoms with Gasteiger partial charge in [0.05, 0.1) is 28.3 Å². The summed E-state index contributed by atoms with van der Waals surface area (Å²) >= 11 is 10.9. The van der Waals surface area contributed by atoms with Crippen LogP contribution in [-0.4, -0.2) is 18.1 Å². The van der Waals surface area contributed by atoms with Gasteiger partial charge in [-0.15, -0.1) is 11.8 Å². The fourth-order valence-electron chi connectivity index (χ4n) is 2.93. The number of rotatable bonds is 5. The number of nitrogens with one attached hydrogen (secondary N) is 1. The van der Waals surface area contributed by atoms with Crippen molar-refractivity contribution in [1.82, 2.24) is 5.32 Å². The maximum atomic E-state index is 12.3. The zero-order valence-corrected chi connectivity index (χ0v) is 18.0. The molecule has 0 saturated heterocycles. The van der Waals surface area contributed by atoms with E-state index in [4.69, 9.17) is 16.3 Å². The summed E-state index contributed by atoms with van der Waals surface area (Å²) in [5.74, 6) is 0.169. The molecule has 1 unspecified atom stereocenters. The van der Waals surface area contributed by atoms with Crippen molar-refractivity contribution in [3.8, 4) is 17.6 Å². The number of carbonyl (C=O) groups excluding carboxylic acids is 1. The lowest BCUT2D eigenvalue weighted by atomic mass is 9.87. The number of aromatic hydroxyl groups is 1. The van der Waals surface area contributed by atoms with Crippen LogP contribution in [-0.2, 0) is 10.5 Å². The van der Waals surface area contributed by atoms with Crippen LogP contribution in [0, 0.1) is 11.3 Å². The average molecular weight is 480 g/mol. The highest BCUT2D eigenvalue weighted by molar-refractivity contribution is 9.10. The summed E-state index contributed by atoms with van der Waals surface area (Å²) in [6.45, 7) is 0. The standard InChI is InChI=1S/C20H16BrClN2O3S/c1-27-17-7-12(6-15(21)19(17)26)13-8-18(25)24-20(14(13)9-23)28-10-11-4-2-3-5-16(11)22/h2-7,13,26H,8,10H2,1H3,(H,24,25). The summed E-state index contributed by atoms with van der Waals surface area (Å²) in [6.07, 6.45) is 0.138. The van der Waals surface area contributed by atoms with E-state index < -0.39 is 5.92 Å². The normalized spacial score (nSPS) is 16.5. The number of thioether (sulfide) groups is 1. The Morgan fingerprint density at radius 1 is 1.43 bits per heavy atom. The van der Waals surface area contributed by atoms with Gasteiger partial charge in [-0.05, 0) is 45.3 Å². The van der Waals surface area contributed by atoms with Crippen molar-refractivity contribution in [2.75, 3.05) is 7.11 Å². The molecular formula is C20H16BrClN2O3S. The van der Waals surface area contributed by atoms with Gasteiger partial charge < -0.3 is 15.2 Å². The minimum atomic E-state index is -0.432. The Morgan fingerprint density at radius 3 is 2.86 bits per heavy atom. The summed E-state index contributed by atoms with van der Waals surface area (Å²) in [7, 11) is 1.45. The van der Waals surface area contributed by atoms with E-state index in [1.54, 1.807) is 18.2 Å². The first-order valence-corrected chi connectivity index (χ1v) is 10.5. The van der Waals surface area contributed by atoms with Crippen LogP contribution in [0.4, 0.5) is 0 Å². The second-order valence-electron chi connectivity index (χ2n) is 6.09. The Labute approximate surface area is 180 Å². The molecule has 5 nitrogen and oxygen atoms in total. The van der Waals surface area contributed by atoms with E-state index >= 15 is 0 Å². The number of phenols is 1. The average Bonchev–Trinajstić information content (AvgIpc) is 2.68. The van der Waals surface area contributed by atoms with Crippen LogP contribution >= 0.6 is 39.3 Å². The summed E-state index contributed by atoms with van der Waals surface area (Å²) in [5.41, 5.74) is 2.10. The lowest BCUT2D eigenvalue weighted by Gasteiger charge is -2.25. The number of phenolic OH excluding ortho intramolecular Hbond substituents is 1. The summed E-state index contributed by atoms with van der Waals surface area (Å²) < 4.78 is 5.64. The molecule has 0 radical (unpaired) electrons. The van der Waals surface area contributed by atoms with Crippen molar-refractivity contribution in [3.05, 3.63) is 67.6 Å². The highest BCUT2D eigenvalue weighted by atomic mass is 79.9. The van der Waals surface area contributed by atoms with E-state index in [1.807, 2.05) is 18.2 Å². The van der Waals surface area contributed by atoms with Gasteiger partial charge in [0.2, 0.25) is 5.91 Å². The van der Waals surface area contributed by atoms with E-state index in [0.29, 0.717) is 31.4 Å². The molecule has 0 bridgehead atoms. The van der Waals surface area contributed by atoms with Gasteiger partial charge in [-0.1, -0.05) is 29.8 Å². The topological polar surface area (TPSA) is 82.3 Å². The van der Waals surface area contributed by atoms with Crippen molar-refractivity contribution < 1.29 is 14.6 Å². The summed E-state index contributed by atoms with van der Waals surface area (Å²) in [6, 6.07) is 13.0. The molecule has 0 aromatic heterocycles. The molecule has 28 heavy (non-hydrogen) atoms. The molecule has 0 fully saturated rings. The molecule has 1 atom stereocenters. The minimum absolute atomic E-state index is 0.0256. The van der Waals surface area contributed by atoms with Crippen molar-refractivity contribution in [2.45, 2.75) is 18.1 Å². The first kappa shape index (κ1) is 20.6. The predicted molar refractivity (Wildman–Crippen MR) is 113 cm³/mol. The summed E-state index contributed by atoms with van der Waals surface area (Å²) in [5, 5.41) is 23.8. The third kappa shape index (κ3) is 4.30. The maximum absolute atomic E-state index is 12.3. The largest absolute Gasteiger partial charge is 0.503 e. The zero-order chi connectivity index (χ0) is 20.3. The van der Waals surface area contributed by atoms with Gasteiger partial charge in [-0.2, -0.15) is 5.26 Å². The smallest absolute Gasteiger partial charge is 0.225 e. The number of methoxy groups -OCH3 is 1. The van der Waals surface area contributed by atoms with Crippen LogP contribution in [0.3, 0.4) is 0 Å². The van der Waals surface area contributed by atoms with E-state index in [0.717, 1.165) is 5.56 Å². The number of nitrogens with zero attached hydrogens (tertiary/aromatic N) is 1. The van der Waals surface area contributed by atoms with Crippen LogP contribution in [0.1, 0.15) is 23.5 Å². The molecule has 1 aliphatic rings. The quantitative estimate of drug-likeness (QED) is 0.624. The number of allylic oxidation sites excluding steroid dienone is 1. The number of amides is 1. The van der Waals surface area contributed by atoms with Crippen LogP contribution in [0.25, 0.3) is 0 Å². The van der Waals surface area contributed by atoms with Gasteiger partial charge >= 0.3 is 0 Å². The Bertz CT molecular complexity index is 1000. The molecular weight excluding hydrogens is 464 g/mol. The molecule has 1 heterocycles.